The van der Waals surface area contributed by atoms with Gasteiger partial charge in [0.2, 0.25) is 0 Å². The average Bonchev–Trinajstić information content (AvgIpc) is 3.02. The van der Waals surface area contributed by atoms with Crippen molar-refractivity contribution in [3.63, 3.8) is 0 Å². The second kappa shape index (κ2) is 6.56. The molecule has 2 saturated heterocycles. The van der Waals surface area contributed by atoms with E-state index in [-0.39, 0.29) is 11.7 Å². The van der Waals surface area contributed by atoms with Crippen molar-refractivity contribution in [2.75, 3.05) is 26.3 Å². The molecule has 1 aromatic carbocycles. The highest BCUT2D eigenvalue weighted by atomic mass is 16.7. The molecule has 1 aliphatic carbocycles. The minimum Gasteiger partial charge on any atom is -0.361 e. The maximum absolute atomic E-state index is 11.5. The Morgan fingerprint density at radius 3 is 2.71 bits per heavy atom. The van der Waals surface area contributed by atoms with Gasteiger partial charge in [0.1, 0.15) is 12.4 Å². The summed E-state index contributed by atoms with van der Waals surface area (Å²) in [5, 5.41) is 0. The van der Waals surface area contributed by atoms with Crippen molar-refractivity contribution in [3.05, 3.63) is 35.9 Å². The van der Waals surface area contributed by atoms with Gasteiger partial charge in [-0.1, -0.05) is 30.3 Å². The summed E-state index contributed by atoms with van der Waals surface area (Å²) in [6, 6.07) is 10.4. The molecule has 0 aromatic heterocycles. The molecule has 0 radical (unpaired) electrons. The lowest BCUT2D eigenvalue weighted by Crippen LogP contribution is -2.60. The summed E-state index contributed by atoms with van der Waals surface area (Å²) >= 11 is 0. The first-order chi connectivity index (χ1) is 11.7. The molecule has 1 saturated carbocycles. The van der Waals surface area contributed by atoms with Gasteiger partial charge in [0.05, 0.1) is 18.8 Å². The highest BCUT2D eigenvalue weighted by Crippen LogP contribution is 2.45. The largest absolute Gasteiger partial charge is 0.361 e. The number of carbonyl (C=O) groups is 1. The third-order valence-corrected chi connectivity index (χ3v) is 5.35. The van der Waals surface area contributed by atoms with E-state index in [9.17, 15) is 4.79 Å². The zero-order valence-corrected chi connectivity index (χ0v) is 14.0. The van der Waals surface area contributed by atoms with E-state index < -0.39 is 5.79 Å². The molecule has 5 heteroatoms. The number of morpholine rings is 1. The SMILES string of the molecule is O=C[C@@H]1CN(Cc2ccccc2)CC2(CCCC3(C2)OCCO3)O1. The minimum absolute atomic E-state index is 0.346. The van der Waals surface area contributed by atoms with Crippen molar-refractivity contribution < 1.29 is 19.0 Å². The van der Waals surface area contributed by atoms with Crippen molar-refractivity contribution >= 4 is 6.29 Å². The molecule has 2 heterocycles. The van der Waals surface area contributed by atoms with Crippen molar-refractivity contribution in [1.82, 2.24) is 4.90 Å². The van der Waals surface area contributed by atoms with E-state index in [1.165, 1.54) is 5.56 Å². The van der Waals surface area contributed by atoms with Crippen molar-refractivity contribution in [3.8, 4) is 0 Å². The summed E-state index contributed by atoms with van der Waals surface area (Å²) in [5.74, 6) is -0.499. The zero-order chi connectivity index (χ0) is 16.5. The fourth-order valence-electron chi connectivity index (χ4n) is 4.48. The Balaban J connectivity index is 1.52. The van der Waals surface area contributed by atoms with Crippen molar-refractivity contribution in [2.45, 2.75) is 49.7 Å². The van der Waals surface area contributed by atoms with Crippen LogP contribution in [0.25, 0.3) is 0 Å². The number of aldehydes is 1. The van der Waals surface area contributed by atoms with Gasteiger partial charge in [-0.15, -0.1) is 0 Å². The number of hydrogen-bond acceptors (Lipinski definition) is 5. The summed E-state index contributed by atoms with van der Waals surface area (Å²) in [6.07, 6.45) is 4.16. The first-order valence-corrected chi connectivity index (χ1v) is 8.88. The molecular formula is C19H25NO4. The molecule has 3 fully saturated rings. The van der Waals surface area contributed by atoms with Crippen LogP contribution in [-0.2, 0) is 25.5 Å². The number of rotatable bonds is 3. The van der Waals surface area contributed by atoms with Crippen LogP contribution in [0.2, 0.25) is 0 Å². The molecule has 0 N–H and O–H groups in total. The Hall–Kier alpha value is -1.27. The predicted octanol–water partition coefficient (Wildman–Crippen LogP) is 2.14. The lowest BCUT2D eigenvalue weighted by atomic mass is 9.79. The van der Waals surface area contributed by atoms with Crippen LogP contribution in [0.1, 0.15) is 31.2 Å². The quantitative estimate of drug-likeness (QED) is 0.794. The first-order valence-electron chi connectivity index (χ1n) is 8.88. The molecule has 5 nitrogen and oxygen atoms in total. The molecule has 1 unspecified atom stereocenters. The highest BCUT2D eigenvalue weighted by molar-refractivity contribution is 5.56. The van der Waals surface area contributed by atoms with E-state index in [1.807, 2.05) is 6.07 Å². The molecule has 2 aliphatic heterocycles. The summed E-state index contributed by atoms with van der Waals surface area (Å²) < 4.78 is 18.1. The second-order valence-electron chi connectivity index (χ2n) is 7.27. The van der Waals surface area contributed by atoms with Crippen molar-refractivity contribution in [2.24, 2.45) is 0 Å². The van der Waals surface area contributed by atoms with Gasteiger partial charge in [-0.25, -0.2) is 0 Å². The van der Waals surface area contributed by atoms with Crippen LogP contribution < -0.4 is 0 Å². The molecule has 0 amide bonds. The Kier molecular flexibility index (Phi) is 4.43. The normalized spacial score (nSPS) is 33.1. The van der Waals surface area contributed by atoms with Crippen LogP contribution in [-0.4, -0.2) is 55.0 Å². The minimum atomic E-state index is -0.499. The first kappa shape index (κ1) is 16.2. The van der Waals surface area contributed by atoms with E-state index in [2.05, 4.69) is 29.2 Å². The fraction of sp³-hybridized carbons (Fsp3) is 0.632. The summed E-state index contributed by atoms with van der Waals surface area (Å²) in [6.45, 7) is 3.61. The molecule has 4 rings (SSSR count). The number of carbonyl (C=O) groups excluding carboxylic acids is 1. The number of nitrogens with zero attached hydrogens (tertiary/aromatic N) is 1. The summed E-state index contributed by atoms with van der Waals surface area (Å²) in [4.78, 5) is 13.8. The highest BCUT2D eigenvalue weighted by Gasteiger charge is 2.52. The maximum atomic E-state index is 11.5. The third-order valence-electron chi connectivity index (χ3n) is 5.35. The molecule has 24 heavy (non-hydrogen) atoms. The van der Waals surface area contributed by atoms with Crippen molar-refractivity contribution in [1.29, 1.82) is 0 Å². The Labute approximate surface area is 142 Å². The number of hydrogen-bond donors (Lipinski definition) is 0. The van der Waals surface area contributed by atoms with E-state index in [0.29, 0.717) is 19.8 Å². The zero-order valence-electron chi connectivity index (χ0n) is 14.0. The Morgan fingerprint density at radius 2 is 1.96 bits per heavy atom. The lowest BCUT2D eigenvalue weighted by Gasteiger charge is -2.50. The van der Waals surface area contributed by atoms with Gasteiger partial charge in [-0.3, -0.25) is 4.90 Å². The molecule has 2 spiro atoms. The van der Waals surface area contributed by atoms with Gasteiger partial charge in [-0.05, 0) is 18.4 Å². The van der Waals surface area contributed by atoms with E-state index in [1.54, 1.807) is 0 Å². The number of ether oxygens (including phenoxy) is 3. The fourth-order valence-corrected chi connectivity index (χ4v) is 4.48. The summed E-state index contributed by atoms with van der Waals surface area (Å²) in [7, 11) is 0. The van der Waals surface area contributed by atoms with Crippen LogP contribution in [0.3, 0.4) is 0 Å². The maximum Gasteiger partial charge on any atom is 0.171 e. The number of benzene rings is 1. The monoisotopic (exact) mass is 331 g/mol. The van der Waals surface area contributed by atoms with Crippen LogP contribution in [0, 0.1) is 0 Å². The Bertz CT molecular complexity index is 572. The molecule has 1 aromatic rings. The third kappa shape index (κ3) is 3.26. The van der Waals surface area contributed by atoms with Crippen LogP contribution in [0.5, 0.6) is 0 Å². The van der Waals surface area contributed by atoms with E-state index >= 15 is 0 Å². The van der Waals surface area contributed by atoms with Crippen LogP contribution in [0.4, 0.5) is 0 Å². The van der Waals surface area contributed by atoms with Gasteiger partial charge >= 0.3 is 0 Å². The lowest BCUT2D eigenvalue weighted by molar-refractivity contribution is -0.252. The van der Waals surface area contributed by atoms with Crippen LogP contribution in [0.15, 0.2) is 30.3 Å². The van der Waals surface area contributed by atoms with Gasteiger partial charge in [-0.2, -0.15) is 0 Å². The molecule has 2 atom stereocenters. The standard InChI is InChI=1S/C19H25NO4/c21-13-17-12-20(11-16-5-2-1-3-6-16)15-18(24-17)7-4-8-19(14-18)22-9-10-23-19/h1-3,5-6,13,17H,4,7-12,14-15H2/t17-,18?/m0/s1. The predicted molar refractivity (Wildman–Crippen MR) is 88.5 cm³/mol. The molecule has 0 bridgehead atoms. The Morgan fingerprint density at radius 1 is 1.17 bits per heavy atom. The van der Waals surface area contributed by atoms with E-state index in [0.717, 1.165) is 45.1 Å². The van der Waals surface area contributed by atoms with Gasteiger partial charge in [0, 0.05) is 32.5 Å². The van der Waals surface area contributed by atoms with Gasteiger partial charge in [0.15, 0.2) is 5.79 Å². The topological polar surface area (TPSA) is 48.0 Å². The smallest absolute Gasteiger partial charge is 0.171 e. The van der Waals surface area contributed by atoms with E-state index in [4.69, 9.17) is 14.2 Å². The van der Waals surface area contributed by atoms with Gasteiger partial charge < -0.3 is 19.0 Å². The molecule has 130 valence electrons. The van der Waals surface area contributed by atoms with Gasteiger partial charge in [0.25, 0.3) is 0 Å². The van der Waals surface area contributed by atoms with Crippen LogP contribution >= 0.6 is 0 Å². The summed E-state index contributed by atoms with van der Waals surface area (Å²) in [5.41, 5.74) is 0.916. The molecule has 3 aliphatic rings. The molecular weight excluding hydrogens is 306 g/mol. The average molecular weight is 331 g/mol. The second-order valence-corrected chi connectivity index (χ2v) is 7.27.